The molecule has 0 saturated carbocycles. The van der Waals surface area contributed by atoms with Crippen LogP contribution >= 0.6 is 0 Å². The van der Waals surface area contributed by atoms with Gasteiger partial charge in [0.2, 0.25) is 5.91 Å². The summed E-state index contributed by atoms with van der Waals surface area (Å²) in [4.78, 5) is 19.2. The second-order valence-electron chi connectivity index (χ2n) is 7.82. The minimum Gasteiger partial charge on any atom is -0.367 e. The first-order valence-electron chi connectivity index (χ1n) is 10.1. The van der Waals surface area contributed by atoms with Crippen LogP contribution in [0.5, 0.6) is 0 Å². The van der Waals surface area contributed by atoms with Gasteiger partial charge in [-0.15, -0.1) is 0 Å². The van der Waals surface area contributed by atoms with Gasteiger partial charge in [0.25, 0.3) is 0 Å². The summed E-state index contributed by atoms with van der Waals surface area (Å²) in [7, 11) is 0. The highest BCUT2D eigenvalue weighted by molar-refractivity contribution is 5.96. The number of piperazine rings is 1. The number of fused-ring (bicyclic) bond motifs is 1. The number of amides is 1. The fourth-order valence-electron chi connectivity index (χ4n) is 4.32. The summed E-state index contributed by atoms with van der Waals surface area (Å²) in [5.74, 6) is -0.241. The number of aryl methyl sites for hydroxylation is 1. The molecule has 2 aliphatic rings. The number of nitrogens with zero attached hydrogens (tertiary/aromatic N) is 4. The molecule has 0 N–H and O–H groups in total. The highest BCUT2D eigenvalue weighted by Crippen LogP contribution is 2.30. The van der Waals surface area contributed by atoms with Crippen LogP contribution in [0.25, 0.3) is 0 Å². The topological polar surface area (TPSA) is 50.6 Å². The van der Waals surface area contributed by atoms with Crippen molar-refractivity contribution < 1.29 is 9.18 Å². The number of halogens is 1. The lowest BCUT2D eigenvalue weighted by atomic mass is 9.96. The molecular weight excluding hydrogens is 367 g/mol. The van der Waals surface area contributed by atoms with Crippen molar-refractivity contribution in [2.24, 2.45) is 0 Å². The Balaban J connectivity index is 1.39. The van der Waals surface area contributed by atoms with Crippen molar-refractivity contribution in [2.75, 3.05) is 42.5 Å². The van der Waals surface area contributed by atoms with E-state index in [0.29, 0.717) is 44.0 Å². The van der Waals surface area contributed by atoms with Gasteiger partial charge in [0, 0.05) is 37.9 Å². The van der Waals surface area contributed by atoms with Crippen LogP contribution in [-0.2, 0) is 11.2 Å². The van der Waals surface area contributed by atoms with Crippen LogP contribution in [-0.4, -0.2) is 49.6 Å². The van der Waals surface area contributed by atoms with Crippen molar-refractivity contribution in [3.8, 4) is 6.07 Å². The second-order valence-corrected chi connectivity index (χ2v) is 7.82. The zero-order valence-electron chi connectivity index (χ0n) is 16.6. The Bertz CT molecular complexity index is 946. The molecule has 0 aliphatic carbocycles. The summed E-state index contributed by atoms with van der Waals surface area (Å²) in [6.45, 7) is 5.20. The van der Waals surface area contributed by atoms with Gasteiger partial charge in [-0.25, -0.2) is 4.39 Å². The Hall–Kier alpha value is -2.91. The first kappa shape index (κ1) is 19.4. The van der Waals surface area contributed by atoms with Gasteiger partial charge in [-0.05, 0) is 49.6 Å². The minimum absolute atomic E-state index is 0.127. The molecule has 6 heteroatoms. The van der Waals surface area contributed by atoms with Gasteiger partial charge in [-0.1, -0.05) is 18.2 Å². The number of anilines is 2. The van der Waals surface area contributed by atoms with E-state index in [2.05, 4.69) is 17.9 Å². The van der Waals surface area contributed by atoms with Gasteiger partial charge in [0.05, 0.1) is 23.9 Å². The Morgan fingerprint density at radius 1 is 1.14 bits per heavy atom. The number of nitriles is 1. The lowest BCUT2D eigenvalue weighted by molar-refractivity contribution is -0.120. The summed E-state index contributed by atoms with van der Waals surface area (Å²) in [5, 5.41) is 8.90. The van der Waals surface area contributed by atoms with Gasteiger partial charge in [0.1, 0.15) is 5.82 Å². The smallest absolute Gasteiger partial charge is 0.241 e. The number of benzene rings is 2. The summed E-state index contributed by atoms with van der Waals surface area (Å²) in [5.41, 5.74) is 3.12. The Morgan fingerprint density at radius 2 is 1.90 bits per heavy atom. The van der Waals surface area contributed by atoms with E-state index in [-0.39, 0.29) is 17.8 Å². The van der Waals surface area contributed by atoms with Crippen molar-refractivity contribution >= 4 is 17.3 Å². The monoisotopic (exact) mass is 392 g/mol. The van der Waals surface area contributed by atoms with Crippen molar-refractivity contribution in [3.05, 3.63) is 59.4 Å². The zero-order valence-corrected chi connectivity index (χ0v) is 16.6. The molecule has 1 atom stereocenters. The molecule has 5 nitrogen and oxygen atoms in total. The van der Waals surface area contributed by atoms with Crippen molar-refractivity contribution in [1.29, 1.82) is 5.26 Å². The maximum absolute atomic E-state index is 14.3. The molecule has 1 amide bonds. The van der Waals surface area contributed by atoms with Gasteiger partial charge in [-0.2, -0.15) is 5.26 Å². The molecule has 2 heterocycles. The normalized spacial score (nSPS) is 19.6. The molecule has 2 aromatic carbocycles. The number of carbonyl (C=O) groups is 1. The molecule has 2 aromatic rings. The molecule has 0 aromatic heterocycles. The van der Waals surface area contributed by atoms with Crippen molar-refractivity contribution in [1.82, 2.24) is 4.90 Å². The van der Waals surface area contributed by atoms with E-state index < -0.39 is 0 Å². The highest BCUT2D eigenvalue weighted by Gasteiger charge is 2.30. The average molecular weight is 392 g/mol. The molecule has 0 spiro atoms. The quantitative estimate of drug-likeness (QED) is 0.805. The summed E-state index contributed by atoms with van der Waals surface area (Å²) < 4.78 is 14.3. The predicted octanol–water partition coefficient (Wildman–Crippen LogP) is 3.19. The predicted molar refractivity (Wildman–Crippen MR) is 111 cm³/mol. The van der Waals surface area contributed by atoms with E-state index in [1.54, 1.807) is 12.1 Å². The van der Waals surface area contributed by atoms with Crippen LogP contribution in [0.4, 0.5) is 15.8 Å². The minimum atomic E-state index is -0.368. The molecule has 0 bridgehead atoms. The van der Waals surface area contributed by atoms with Crippen molar-refractivity contribution in [3.63, 3.8) is 0 Å². The summed E-state index contributed by atoms with van der Waals surface area (Å²) in [6.07, 6.45) is 1.99. The van der Waals surface area contributed by atoms with Crippen LogP contribution in [0, 0.1) is 17.1 Å². The number of carbonyl (C=O) groups excluding carboxylic acids is 1. The van der Waals surface area contributed by atoms with Gasteiger partial charge in [-0.3, -0.25) is 9.69 Å². The fourth-order valence-corrected chi connectivity index (χ4v) is 4.32. The molecule has 1 fully saturated rings. The maximum Gasteiger partial charge on any atom is 0.241 e. The van der Waals surface area contributed by atoms with E-state index in [0.717, 1.165) is 18.5 Å². The third-order valence-electron chi connectivity index (χ3n) is 5.94. The number of hydrogen-bond donors (Lipinski definition) is 0. The Kier molecular flexibility index (Phi) is 5.50. The van der Waals surface area contributed by atoms with E-state index >= 15 is 0 Å². The van der Waals surface area contributed by atoms with Crippen LogP contribution in [0.1, 0.15) is 24.5 Å². The zero-order chi connectivity index (χ0) is 20.4. The Labute approximate surface area is 170 Å². The molecule has 1 saturated heterocycles. The van der Waals surface area contributed by atoms with Gasteiger partial charge in [0.15, 0.2) is 0 Å². The SMILES string of the molecule is CC1CCc2ccccc2N1C(=O)CN1CCN(c2ccc(C#N)cc2F)CC1. The van der Waals surface area contributed by atoms with E-state index in [4.69, 9.17) is 5.26 Å². The largest absolute Gasteiger partial charge is 0.367 e. The van der Waals surface area contributed by atoms with Gasteiger partial charge < -0.3 is 9.80 Å². The number of hydrogen-bond acceptors (Lipinski definition) is 4. The fraction of sp³-hybridized carbons (Fsp3) is 0.391. The molecule has 150 valence electrons. The molecule has 2 aliphatic heterocycles. The first-order valence-corrected chi connectivity index (χ1v) is 10.1. The van der Waals surface area contributed by atoms with Crippen LogP contribution in [0.15, 0.2) is 42.5 Å². The standard InChI is InChI=1S/C23H25FN4O/c1-17-6-8-19-4-2-3-5-21(19)28(17)23(29)16-26-10-12-27(13-11-26)22-9-7-18(15-25)14-20(22)24/h2-5,7,9,14,17H,6,8,10-13,16H2,1H3. The third-order valence-corrected chi connectivity index (χ3v) is 5.94. The highest BCUT2D eigenvalue weighted by atomic mass is 19.1. The molecular formula is C23H25FN4O. The summed E-state index contributed by atoms with van der Waals surface area (Å²) in [6, 6.07) is 14.9. The van der Waals surface area contributed by atoms with Crippen molar-refractivity contribution in [2.45, 2.75) is 25.8 Å². The average Bonchev–Trinajstić information content (AvgIpc) is 2.74. The first-order chi connectivity index (χ1) is 14.1. The number of para-hydroxylation sites is 1. The lowest BCUT2D eigenvalue weighted by Crippen LogP contribution is -2.52. The number of rotatable bonds is 3. The molecule has 29 heavy (non-hydrogen) atoms. The lowest BCUT2D eigenvalue weighted by Gasteiger charge is -2.39. The van der Waals surface area contributed by atoms with Crippen LogP contribution < -0.4 is 9.80 Å². The molecule has 0 radical (unpaired) electrons. The molecule has 4 rings (SSSR count). The van der Waals surface area contributed by atoms with E-state index in [1.807, 2.05) is 34.1 Å². The van der Waals surface area contributed by atoms with Crippen LogP contribution in [0.3, 0.4) is 0 Å². The van der Waals surface area contributed by atoms with Crippen LogP contribution in [0.2, 0.25) is 0 Å². The molecule has 1 unspecified atom stereocenters. The third kappa shape index (κ3) is 3.96. The maximum atomic E-state index is 14.3. The summed E-state index contributed by atoms with van der Waals surface area (Å²) >= 11 is 0. The Morgan fingerprint density at radius 3 is 2.62 bits per heavy atom. The second kappa shape index (κ2) is 8.22. The van der Waals surface area contributed by atoms with Gasteiger partial charge >= 0.3 is 0 Å². The van der Waals surface area contributed by atoms with E-state index in [9.17, 15) is 9.18 Å². The van der Waals surface area contributed by atoms with E-state index in [1.165, 1.54) is 11.6 Å².